The van der Waals surface area contributed by atoms with Gasteiger partial charge in [-0.1, -0.05) is 57.2 Å². The highest BCUT2D eigenvalue weighted by atomic mass is 16.3. The fourth-order valence-electron chi connectivity index (χ4n) is 4.60. The molecule has 4 N–H and O–H groups in total. The molecule has 2 heterocycles. The number of primary amides is 1. The third-order valence-corrected chi connectivity index (χ3v) is 6.90. The molecule has 8 heteroatoms. The first kappa shape index (κ1) is 28.5. The predicted molar refractivity (Wildman–Crippen MR) is 156 cm³/mol. The molecule has 0 unspecified atom stereocenters. The van der Waals surface area contributed by atoms with E-state index in [1.165, 1.54) is 17.7 Å². The van der Waals surface area contributed by atoms with Gasteiger partial charge in [-0.2, -0.15) is 5.10 Å². The number of pyridine rings is 1. The Morgan fingerprint density at radius 1 is 0.975 bits per heavy atom. The number of aryl methyl sites for hydroxylation is 1. The number of nitrogens with one attached hydrogen (secondary N) is 1. The molecule has 2 aromatic heterocycles. The first-order valence-electron chi connectivity index (χ1n) is 13.6. The van der Waals surface area contributed by atoms with E-state index in [-0.39, 0.29) is 29.9 Å². The average Bonchev–Trinajstić information content (AvgIpc) is 3.40. The van der Waals surface area contributed by atoms with Gasteiger partial charge in [0, 0.05) is 36.5 Å². The molecule has 4 aromatic rings. The van der Waals surface area contributed by atoms with Crippen LogP contribution in [0.5, 0.6) is 5.75 Å². The van der Waals surface area contributed by atoms with Crippen molar-refractivity contribution in [1.29, 1.82) is 0 Å². The summed E-state index contributed by atoms with van der Waals surface area (Å²) < 4.78 is 1.92. The minimum atomic E-state index is -0.806. The third kappa shape index (κ3) is 7.34. The zero-order chi connectivity index (χ0) is 28.7. The van der Waals surface area contributed by atoms with Gasteiger partial charge in [-0.3, -0.25) is 14.6 Å². The van der Waals surface area contributed by atoms with Crippen molar-refractivity contribution in [2.24, 2.45) is 5.73 Å². The summed E-state index contributed by atoms with van der Waals surface area (Å²) in [6.07, 6.45) is 6.28. The summed E-state index contributed by atoms with van der Waals surface area (Å²) in [5.74, 6) is -0.672. The number of nitrogens with two attached hydrogens (primary N) is 1. The number of benzene rings is 2. The number of unbranched alkanes of at least 4 members (excludes halogenated alkanes) is 1. The predicted octanol–water partition coefficient (Wildman–Crippen LogP) is 4.86. The first-order valence-corrected chi connectivity index (χ1v) is 13.6. The van der Waals surface area contributed by atoms with Gasteiger partial charge in [0.25, 0.3) is 0 Å². The van der Waals surface area contributed by atoms with Crippen LogP contribution in [0.2, 0.25) is 0 Å². The molecule has 0 aliphatic rings. The van der Waals surface area contributed by atoms with Crippen LogP contribution in [0.3, 0.4) is 0 Å². The second-order valence-electron chi connectivity index (χ2n) is 11.0. The van der Waals surface area contributed by atoms with Crippen molar-refractivity contribution in [2.45, 2.75) is 64.3 Å². The lowest BCUT2D eigenvalue weighted by Gasteiger charge is -2.19. The topological polar surface area (TPSA) is 123 Å². The number of aromatic nitrogens is 3. The molecular formula is C32H37N5O3. The second kappa shape index (κ2) is 12.6. The van der Waals surface area contributed by atoms with Crippen LogP contribution in [0.15, 0.2) is 79.1 Å². The van der Waals surface area contributed by atoms with Gasteiger partial charge in [0.2, 0.25) is 11.8 Å². The van der Waals surface area contributed by atoms with Crippen molar-refractivity contribution in [1.82, 2.24) is 20.1 Å². The van der Waals surface area contributed by atoms with E-state index >= 15 is 0 Å². The number of phenolic OH excluding ortho intramolecular Hbond substituents is 1. The van der Waals surface area contributed by atoms with E-state index in [1.807, 2.05) is 22.9 Å². The lowest BCUT2D eigenvalue weighted by Crippen LogP contribution is -2.45. The van der Waals surface area contributed by atoms with Gasteiger partial charge in [0.15, 0.2) is 0 Å². The number of amides is 2. The molecular weight excluding hydrogens is 502 g/mol. The Kier molecular flexibility index (Phi) is 8.99. The van der Waals surface area contributed by atoms with Gasteiger partial charge in [-0.15, -0.1) is 0 Å². The number of hydrogen-bond donors (Lipinski definition) is 3. The molecule has 0 bridgehead atoms. The molecule has 208 valence electrons. The van der Waals surface area contributed by atoms with E-state index in [1.54, 1.807) is 24.5 Å². The summed E-state index contributed by atoms with van der Waals surface area (Å²) in [6, 6.07) is 20.1. The summed E-state index contributed by atoms with van der Waals surface area (Å²) >= 11 is 0. The highest BCUT2D eigenvalue weighted by Gasteiger charge is 2.19. The SMILES string of the molecule is CC(C)(C)c1ccc(-c2ncccc2-n2nccc2CCCCC(=O)N[C@@H](Cc2ccc(O)cc2)C(N)=O)cc1. The van der Waals surface area contributed by atoms with Crippen molar-refractivity contribution in [3.05, 3.63) is 95.9 Å². The largest absolute Gasteiger partial charge is 0.508 e. The standard InChI is InChI=1S/C32H37N5O3/c1-32(2,3)24-14-12-23(13-15-24)30-28(8-6-19-34-30)37-25(18-20-35-37)7-4-5-9-29(39)36-27(31(33)40)21-22-10-16-26(38)17-11-22/h6,8,10-20,27,38H,4-5,7,9,21H2,1-3H3,(H2,33,40)(H,36,39)/t27-/m0/s1. The van der Waals surface area contributed by atoms with Crippen LogP contribution in [0.25, 0.3) is 16.9 Å². The maximum atomic E-state index is 12.6. The van der Waals surface area contributed by atoms with Crippen LogP contribution in [-0.4, -0.2) is 37.7 Å². The smallest absolute Gasteiger partial charge is 0.240 e. The Balaban J connectivity index is 1.35. The van der Waals surface area contributed by atoms with Gasteiger partial charge in [0.1, 0.15) is 11.8 Å². The van der Waals surface area contributed by atoms with Gasteiger partial charge >= 0.3 is 0 Å². The molecule has 8 nitrogen and oxygen atoms in total. The summed E-state index contributed by atoms with van der Waals surface area (Å²) in [5.41, 5.74) is 11.5. The van der Waals surface area contributed by atoms with Crippen LogP contribution in [0.4, 0.5) is 0 Å². The molecule has 2 aromatic carbocycles. The Morgan fingerprint density at radius 3 is 2.38 bits per heavy atom. The molecule has 1 atom stereocenters. The Hall–Kier alpha value is -4.46. The summed E-state index contributed by atoms with van der Waals surface area (Å²) in [5, 5.41) is 16.8. The zero-order valence-corrected chi connectivity index (χ0v) is 23.3. The van der Waals surface area contributed by atoms with Crippen molar-refractivity contribution >= 4 is 11.8 Å². The number of phenols is 1. The number of carbonyl (C=O) groups excluding carboxylic acids is 2. The van der Waals surface area contributed by atoms with E-state index in [0.717, 1.165) is 41.0 Å². The number of nitrogens with zero attached hydrogens (tertiary/aromatic N) is 3. The third-order valence-electron chi connectivity index (χ3n) is 6.90. The summed E-state index contributed by atoms with van der Waals surface area (Å²) in [6.45, 7) is 6.59. The van der Waals surface area contributed by atoms with Crippen molar-refractivity contribution in [2.75, 3.05) is 0 Å². The minimum Gasteiger partial charge on any atom is -0.508 e. The van der Waals surface area contributed by atoms with Crippen molar-refractivity contribution in [3.63, 3.8) is 0 Å². The summed E-state index contributed by atoms with van der Waals surface area (Å²) in [4.78, 5) is 29.1. The van der Waals surface area contributed by atoms with E-state index < -0.39 is 11.9 Å². The quantitative estimate of drug-likeness (QED) is 0.235. The highest BCUT2D eigenvalue weighted by molar-refractivity contribution is 5.86. The lowest BCUT2D eigenvalue weighted by molar-refractivity contribution is -0.127. The Labute approximate surface area is 235 Å². The van der Waals surface area contributed by atoms with Crippen molar-refractivity contribution < 1.29 is 14.7 Å². The van der Waals surface area contributed by atoms with Gasteiger partial charge in [-0.05, 0) is 66.1 Å². The van der Waals surface area contributed by atoms with E-state index in [4.69, 9.17) is 5.73 Å². The van der Waals surface area contributed by atoms with Gasteiger partial charge < -0.3 is 16.2 Å². The maximum Gasteiger partial charge on any atom is 0.240 e. The fraction of sp³-hybridized carbons (Fsp3) is 0.312. The van der Waals surface area contributed by atoms with E-state index in [0.29, 0.717) is 6.42 Å². The number of rotatable bonds is 11. The van der Waals surface area contributed by atoms with Gasteiger partial charge in [0.05, 0.1) is 11.4 Å². The lowest BCUT2D eigenvalue weighted by atomic mass is 9.86. The maximum absolute atomic E-state index is 12.6. The zero-order valence-electron chi connectivity index (χ0n) is 23.3. The number of hydrogen-bond acceptors (Lipinski definition) is 5. The molecule has 4 rings (SSSR count). The Bertz CT molecular complexity index is 1440. The van der Waals surface area contributed by atoms with Gasteiger partial charge in [-0.25, -0.2) is 4.68 Å². The van der Waals surface area contributed by atoms with E-state index in [9.17, 15) is 14.7 Å². The number of aromatic hydroxyl groups is 1. The molecule has 0 saturated carbocycles. The molecule has 0 aliphatic heterocycles. The fourth-order valence-corrected chi connectivity index (χ4v) is 4.60. The molecule has 0 spiro atoms. The second-order valence-corrected chi connectivity index (χ2v) is 11.0. The molecule has 0 saturated heterocycles. The van der Waals surface area contributed by atoms with Crippen LogP contribution < -0.4 is 11.1 Å². The summed E-state index contributed by atoms with van der Waals surface area (Å²) in [7, 11) is 0. The molecule has 0 radical (unpaired) electrons. The monoisotopic (exact) mass is 539 g/mol. The first-order chi connectivity index (χ1) is 19.1. The average molecular weight is 540 g/mol. The molecule has 40 heavy (non-hydrogen) atoms. The van der Waals surface area contributed by atoms with Crippen LogP contribution in [-0.2, 0) is 27.8 Å². The minimum absolute atomic E-state index is 0.0745. The van der Waals surface area contributed by atoms with Crippen molar-refractivity contribution in [3.8, 4) is 22.7 Å². The van der Waals surface area contributed by atoms with Crippen LogP contribution in [0, 0.1) is 0 Å². The Morgan fingerprint density at radius 2 is 1.70 bits per heavy atom. The molecule has 2 amide bonds. The number of carbonyl (C=O) groups is 2. The molecule has 0 fully saturated rings. The van der Waals surface area contributed by atoms with E-state index in [2.05, 4.69) is 60.4 Å². The van der Waals surface area contributed by atoms with Crippen LogP contribution in [0.1, 0.15) is 56.9 Å². The normalized spacial score (nSPS) is 12.2. The van der Waals surface area contributed by atoms with Crippen LogP contribution >= 0.6 is 0 Å². The molecule has 0 aliphatic carbocycles. The highest BCUT2D eigenvalue weighted by Crippen LogP contribution is 2.29.